The molecule has 3 aromatic rings. The number of nitrogens with zero attached hydrogens (tertiary/aromatic N) is 2. The van der Waals surface area contributed by atoms with E-state index in [4.69, 9.17) is 4.74 Å². The van der Waals surface area contributed by atoms with Gasteiger partial charge >= 0.3 is 5.97 Å². The molecule has 5 heteroatoms. The average molecular weight is 333 g/mol. The molecule has 0 bridgehead atoms. The monoisotopic (exact) mass is 333 g/mol. The molecule has 25 heavy (non-hydrogen) atoms. The molecule has 0 amide bonds. The van der Waals surface area contributed by atoms with E-state index in [0.29, 0.717) is 12.3 Å². The van der Waals surface area contributed by atoms with Crippen LogP contribution in [0.4, 0.5) is 0 Å². The number of imidazole rings is 1. The van der Waals surface area contributed by atoms with Crippen LogP contribution in [0, 0.1) is 0 Å². The third kappa shape index (κ3) is 2.78. The molecule has 1 aliphatic carbocycles. The summed E-state index contributed by atoms with van der Waals surface area (Å²) in [4.78, 5) is 20.0. The maximum Gasteiger partial charge on any atom is 0.358 e. The Labute approximate surface area is 145 Å². The van der Waals surface area contributed by atoms with Crippen molar-refractivity contribution in [2.24, 2.45) is 0 Å². The van der Waals surface area contributed by atoms with E-state index in [1.54, 1.807) is 13.3 Å². The molecule has 126 valence electrons. The highest BCUT2D eigenvalue weighted by atomic mass is 16.5. The summed E-state index contributed by atoms with van der Waals surface area (Å²) in [6.45, 7) is 2.14. The predicted molar refractivity (Wildman–Crippen MR) is 97.0 cm³/mol. The van der Waals surface area contributed by atoms with E-state index in [9.17, 15) is 4.79 Å². The number of esters is 1. The highest BCUT2D eigenvalue weighted by molar-refractivity contribution is 5.89. The predicted octanol–water partition coefficient (Wildman–Crippen LogP) is 4.13. The number of ether oxygens (including phenoxy) is 1. The number of fused-ring (bicyclic) bond motifs is 1. The summed E-state index contributed by atoms with van der Waals surface area (Å²) in [5.74, 6) is -0.286. The number of nitrogens with one attached hydrogen (secondary N) is 1. The maximum absolute atomic E-state index is 12.4. The smallest absolute Gasteiger partial charge is 0.358 e. The number of H-pyrrole nitrogens is 1. The number of benzene rings is 1. The number of allylic oxidation sites excluding steroid dienone is 4. The summed E-state index contributed by atoms with van der Waals surface area (Å²) >= 11 is 0. The second kappa shape index (κ2) is 6.43. The third-order valence-corrected chi connectivity index (χ3v) is 4.42. The van der Waals surface area contributed by atoms with Gasteiger partial charge in [-0.3, -0.25) is 0 Å². The summed E-state index contributed by atoms with van der Waals surface area (Å²) in [6.07, 6.45) is 12.7. The minimum absolute atomic E-state index is 0.0891. The van der Waals surface area contributed by atoms with Crippen LogP contribution in [0.1, 0.15) is 35.4 Å². The average Bonchev–Trinajstić information content (AvgIpc) is 3.28. The molecule has 0 fully saturated rings. The van der Waals surface area contributed by atoms with Gasteiger partial charge in [0.05, 0.1) is 12.3 Å². The molecule has 0 radical (unpaired) electrons. The summed E-state index contributed by atoms with van der Waals surface area (Å²) in [5.41, 5.74) is 3.27. The largest absolute Gasteiger partial charge is 0.461 e. The van der Waals surface area contributed by atoms with Gasteiger partial charge in [-0.25, -0.2) is 9.78 Å². The molecule has 1 aromatic carbocycles. The fourth-order valence-corrected chi connectivity index (χ4v) is 3.24. The molecule has 0 saturated heterocycles. The van der Waals surface area contributed by atoms with Crippen LogP contribution in [0.5, 0.6) is 0 Å². The molecule has 2 heterocycles. The van der Waals surface area contributed by atoms with E-state index >= 15 is 0 Å². The van der Waals surface area contributed by atoms with Gasteiger partial charge in [0.25, 0.3) is 0 Å². The number of aromatic amines is 1. The molecule has 0 spiro atoms. The fourth-order valence-electron chi connectivity index (χ4n) is 3.24. The maximum atomic E-state index is 12.4. The van der Waals surface area contributed by atoms with Crippen molar-refractivity contribution in [3.05, 3.63) is 72.5 Å². The number of aromatic nitrogens is 3. The van der Waals surface area contributed by atoms with Crippen LogP contribution < -0.4 is 0 Å². The Bertz CT molecular complexity index is 978. The quantitative estimate of drug-likeness (QED) is 0.730. The summed E-state index contributed by atoms with van der Waals surface area (Å²) in [7, 11) is 0. The van der Waals surface area contributed by atoms with E-state index in [1.165, 1.54) is 0 Å². The molecular formula is C20H19N3O2. The SMILES string of the molecule is CCOC(=O)c1ncn(-c2ccc3cc[nH]c3c2)c1C1C=CC=CC1. The van der Waals surface area contributed by atoms with Gasteiger partial charge in [-0.15, -0.1) is 0 Å². The van der Waals surface area contributed by atoms with Crippen molar-refractivity contribution < 1.29 is 9.53 Å². The zero-order valence-electron chi connectivity index (χ0n) is 14.0. The molecule has 2 aromatic heterocycles. The Kier molecular flexibility index (Phi) is 3.98. The zero-order chi connectivity index (χ0) is 17.2. The number of hydrogen-bond acceptors (Lipinski definition) is 3. The molecular weight excluding hydrogens is 314 g/mol. The van der Waals surface area contributed by atoms with Crippen LogP contribution in [-0.2, 0) is 4.74 Å². The van der Waals surface area contributed by atoms with Crippen LogP contribution in [0.2, 0.25) is 0 Å². The minimum atomic E-state index is -0.375. The summed E-state index contributed by atoms with van der Waals surface area (Å²) < 4.78 is 7.19. The normalized spacial score (nSPS) is 16.4. The van der Waals surface area contributed by atoms with Crippen LogP contribution >= 0.6 is 0 Å². The number of rotatable bonds is 4. The Hall–Kier alpha value is -3.08. The lowest BCUT2D eigenvalue weighted by molar-refractivity contribution is 0.0518. The summed E-state index contributed by atoms with van der Waals surface area (Å²) in [5, 5.41) is 1.15. The molecule has 1 N–H and O–H groups in total. The third-order valence-electron chi connectivity index (χ3n) is 4.42. The Balaban J connectivity index is 1.84. The molecule has 1 aliphatic rings. The molecule has 5 nitrogen and oxygen atoms in total. The van der Waals surface area contributed by atoms with E-state index in [0.717, 1.165) is 28.7 Å². The zero-order valence-corrected chi connectivity index (χ0v) is 14.0. The first-order chi connectivity index (χ1) is 12.3. The lowest BCUT2D eigenvalue weighted by atomic mass is 9.95. The highest BCUT2D eigenvalue weighted by Gasteiger charge is 2.25. The van der Waals surface area contributed by atoms with Crippen molar-refractivity contribution in [2.45, 2.75) is 19.3 Å². The van der Waals surface area contributed by atoms with E-state index in [1.807, 2.05) is 35.0 Å². The van der Waals surface area contributed by atoms with E-state index in [-0.39, 0.29) is 11.9 Å². The first-order valence-corrected chi connectivity index (χ1v) is 8.43. The van der Waals surface area contributed by atoms with E-state index in [2.05, 4.69) is 34.3 Å². The molecule has 4 rings (SSSR count). The van der Waals surface area contributed by atoms with Crippen LogP contribution in [-0.4, -0.2) is 27.1 Å². The van der Waals surface area contributed by atoms with Crippen molar-refractivity contribution in [3.8, 4) is 5.69 Å². The Morgan fingerprint density at radius 1 is 1.36 bits per heavy atom. The molecule has 1 unspecified atom stereocenters. The Morgan fingerprint density at radius 2 is 2.28 bits per heavy atom. The number of hydrogen-bond donors (Lipinski definition) is 1. The van der Waals surface area contributed by atoms with Gasteiger partial charge in [-0.05, 0) is 36.9 Å². The van der Waals surface area contributed by atoms with Crippen molar-refractivity contribution in [1.29, 1.82) is 0 Å². The van der Waals surface area contributed by atoms with Crippen molar-refractivity contribution in [2.75, 3.05) is 6.61 Å². The van der Waals surface area contributed by atoms with Crippen LogP contribution in [0.3, 0.4) is 0 Å². The van der Waals surface area contributed by atoms with Crippen LogP contribution in [0.25, 0.3) is 16.6 Å². The topological polar surface area (TPSA) is 59.9 Å². The van der Waals surface area contributed by atoms with Crippen LogP contribution in [0.15, 0.2) is 61.1 Å². The van der Waals surface area contributed by atoms with Gasteiger partial charge in [-0.1, -0.05) is 30.4 Å². The van der Waals surface area contributed by atoms with Gasteiger partial charge in [0.1, 0.15) is 6.33 Å². The first kappa shape index (κ1) is 15.4. The number of carbonyl (C=O) groups excluding carboxylic acids is 1. The van der Waals surface area contributed by atoms with Gasteiger partial charge in [0, 0.05) is 23.3 Å². The van der Waals surface area contributed by atoms with E-state index < -0.39 is 0 Å². The standard InChI is InChI=1S/C20H19N3O2/c1-2-25-20(24)18-19(15-6-4-3-5-7-15)23(13-22-18)16-9-8-14-10-11-21-17(14)12-16/h3-6,8-13,15,21H,2,7H2,1H3. The molecule has 0 aliphatic heterocycles. The summed E-state index contributed by atoms with van der Waals surface area (Å²) in [6, 6.07) is 8.20. The lowest BCUT2D eigenvalue weighted by Crippen LogP contribution is -2.13. The number of carbonyl (C=O) groups is 1. The van der Waals surface area contributed by atoms with Gasteiger partial charge in [-0.2, -0.15) is 0 Å². The van der Waals surface area contributed by atoms with Gasteiger partial charge in [0.2, 0.25) is 0 Å². The van der Waals surface area contributed by atoms with Crippen molar-refractivity contribution in [1.82, 2.24) is 14.5 Å². The minimum Gasteiger partial charge on any atom is -0.461 e. The second-order valence-electron chi connectivity index (χ2n) is 5.97. The van der Waals surface area contributed by atoms with Gasteiger partial charge < -0.3 is 14.3 Å². The second-order valence-corrected chi connectivity index (χ2v) is 5.97. The molecule has 0 saturated carbocycles. The fraction of sp³-hybridized carbons (Fsp3) is 0.200. The first-order valence-electron chi connectivity index (χ1n) is 8.43. The Morgan fingerprint density at radius 3 is 3.08 bits per heavy atom. The lowest BCUT2D eigenvalue weighted by Gasteiger charge is -2.17. The van der Waals surface area contributed by atoms with Gasteiger partial charge in [0.15, 0.2) is 5.69 Å². The van der Waals surface area contributed by atoms with Crippen molar-refractivity contribution >= 4 is 16.9 Å². The highest BCUT2D eigenvalue weighted by Crippen LogP contribution is 2.30. The van der Waals surface area contributed by atoms with Crippen molar-refractivity contribution in [3.63, 3.8) is 0 Å². The molecule has 1 atom stereocenters.